The quantitative estimate of drug-likeness (QED) is 0.754. The van der Waals surface area contributed by atoms with Gasteiger partial charge in [0.1, 0.15) is 0 Å². The first-order chi connectivity index (χ1) is 8.22. The van der Waals surface area contributed by atoms with E-state index in [1.54, 1.807) is 0 Å². The van der Waals surface area contributed by atoms with E-state index in [1.807, 2.05) is 6.92 Å². The first-order valence-corrected chi connectivity index (χ1v) is 6.81. The molecule has 0 spiro atoms. The summed E-state index contributed by atoms with van der Waals surface area (Å²) in [6.07, 6.45) is 4.76. The lowest BCUT2D eigenvalue weighted by molar-refractivity contribution is -0.150. The largest absolute Gasteiger partial charge is 0.466 e. The fourth-order valence-corrected chi connectivity index (χ4v) is 3.07. The molecule has 1 heterocycles. The summed E-state index contributed by atoms with van der Waals surface area (Å²) in [5.41, 5.74) is 0. The van der Waals surface area contributed by atoms with Crippen molar-refractivity contribution in [3.05, 3.63) is 0 Å². The third-order valence-electron chi connectivity index (χ3n) is 4.06. The summed E-state index contributed by atoms with van der Waals surface area (Å²) in [7, 11) is 0. The standard InChI is InChI=1S/C13H23NO3/c1-2-17-13(16)10-6-8-14(9-7-10)11-4-3-5-12(11)15/h10-12,15H,2-9H2,1H3/t11-,12-/m1/s1. The third-order valence-corrected chi connectivity index (χ3v) is 4.06. The molecular formula is C13H23NO3. The van der Waals surface area contributed by atoms with Crippen molar-refractivity contribution in [3.63, 3.8) is 0 Å². The van der Waals surface area contributed by atoms with Crippen molar-refractivity contribution in [2.24, 2.45) is 5.92 Å². The summed E-state index contributed by atoms with van der Waals surface area (Å²) >= 11 is 0. The van der Waals surface area contributed by atoms with Crippen LogP contribution in [0.1, 0.15) is 39.0 Å². The molecule has 1 saturated carbocycles. The van der Waals surface area contributed by atoms with Crippen molar-refractivity contribution in [3.8, 4) is 0 Å². The number of rotatable bonds is 3. The average Bonchev–Trinajstić information content (AvgIpc) is 2.76. The number of hydrogen-bond donors (Lipinski definition) is 1. The topological polar surface area (TPSA) is 49.8 Å². The monoisotopic (exact) mass is 241 g/mol. The minimum Gasteiger partial charge on any atom is -0.466 e. The molecule has 1 saturated heterocycles. The van der Waals surface area contributed by atoms with Gasteiger partial charge >= 0.3 is 5.97 Å². The molecule has 1 aliphatic carbocycles. The van der Waals surface area contributed by atoms with Crippen LogP contribution >= 0.6 is 0 Å². The van der Waals surface area contributed by atoms with Gasteiger partial charge in [-0.15, -0.1) is 0 Å². The first kappa shape index (κ1) is 12.8. The summed E-state index contributed by atoms with van der Waals surface area (Å²) < 4.78 is 5.06. The van der Waals surface area contributed by atoms with E-state index in [0.717, 1.165) is 45.2 Å². The lowest BCUT2D eigenvalue weighted by Crippen LogP contribution is -2.46. The van der Waals surface area contributed by atoms with Crippen molar-refractivity contribution in [2.45, 2.75) is 51.2 Å². The zero-order chi connectivity index (χ0) is 12.3. The van der Waals surface area contributed by atoms with Crippen LogP contribution in [0.25, 0.3) is 0 Å². The second kappa shape index (κ2) is 5.83. The van der Waals surface area contributed by atoms with Crippen LogP contribution < -0.4 is 0 Å². The van der Waals surface area contributed by atoms with Crippen LogP contribution in [0.5, 0.6) is 0 Å². The van der Waals surface area contributed by atoms with Crippen molar-refractivity contribution < 1.29 is 14.6 Å². The summed E-state index contributed by atoms with van der Waals surface area (Å²) in [5, 5.41) is 9.87. The maximum absolute atomic E-state index is 11.6. The molecule has 1 aliphatic heterocycles. The molecule has 17 heavy (non-hydrogen) atoms. The molecular weight excluding hydrogens is 218 g/mol. The lowest BCUT2D eigenvalue weighted by Gasteiger charge is -2.36. The SMILES string of the molecule is CCOC(=O)C1CCN([C@@H]2CCC[C@H]2O)CC1. The number of nitrogens with zero attached hydrogens (tertiary/aromatic N) is 1. The minimum atomic E-state index is -0.158. The van der Waals surface area contributed by atoms with Gasteiger partial charge in [0, 0.05) is 6.04 Å². The molecule has 98 valence electrons. The van der Waals surface area contributed by atoms with Gasteiger partial charge in [-0.3, -0.25) is 9.69 Å². The van der Waals surface area contributed by atoms with E-state index in [1.165, 1.54) is 0 Å². The van der Waals surface area contributed by atoms with Gasteiger partial charge in [0.25, 0.3) is 0 Å². The Morgan fingerprint density at radius 2 is 2.00 bits per heavy atom. The van der Waals surface area contributed by atoms with E-state index in [-0.39, 0.29) is 18.0 Å². The number of aliphatic hydroxyl groups excluding tert-OH is 1. The number of likely N-dealkylation sites (tertiary alicyclic amines) is 1. The van der Waals surface area contributed by atoms with Crippen LogP contribution in [0.2, 0.25) is 0 Å². The Morgan fingerprint density at radius 3 is 2.53 bits per heavy atom. The number of ether oxygens (including phenoxy) is 1. The molecule has 0 aromatic heterocycles. The molecule has 2 aliphatic rings. The van der Waals surface area contributed by atoms with Gasteiger partial charge in [-0.1, -0.05) is 0 Å². The smallest absolute Gasteiger partial charge is 0.309 e. The molecule has 0 aromatic carbocycles. The summed E-state index contributed by atoms with van der Waals surface area (Å²) in [6.45, 7) is 4.17. The van der Waals surface area contributed by atoms with Gasteiger partial charge in [-0.25, -0.2) is 0 Å². The van der Waals surface area contributed by atoms with E-state index in [9.17, 15) is 9.90 Å². The van der Waals surface area contributed by atoms with Gasteiger partial charge in [-0.2, -0.15) is 0 Å². The van der Waals surface area contributed by atoms with Crippen molar-refractivity contribution in [1.82, 2.24) is 4.90 Å². The fraction of sp³-hybridized carbons (Fsp3) is 0.923. The van der Waals surface area contributed by atoms with Crippen LogP contribution in [0, 0.1) is 5.92 Å². The molecule has 0 bridgehead atoms. The van der Waals surface area contributed by atoms with E-state index in [2.05, 4.69) is 4.90 Å². The zero-order valence-corrected chi connectivity index (χ0v) is 10.6. The fourth-order valence-electron chi connectivity index (χ4n) is 3.07. The Morgan fingerprint density at radius 1 is 1.29 bits per heavy atom. The number of piperidine rings is 1. The molecule has 2 atom stereocenters. The van der Waals surface area contributed by atoms with Crippen LogP contribution in [0.4, 0.5) is 0 Å². The normalized spacial score (nSPS) is 31.6. The van der Waals surface area contributed by atoms with E-state index >= 15 is 0 Å². The first-order valence-electron chi connectivity index (χ1n) is 6.81. The highest BCUT2D eigenvalue weighted by Crippen LogP contribution is 2.28. The summed E-state index contributed by atoms with van der Waals surface area (Å²) in [6, 6.07) is 0.332. The second-order valence-electron chi connectivity index (χ2n) is 5.13. The van der Waals surface area contributed by atoms with E-state index in [4.69, 9.17) is 4.74 Å². The second-order valence-corrected chi connectivity index (χ2v) is 5.13. The van der Waals surface area contributed by atoms with Gasteiger partial charge in [0.05, 0.1) is 18.6 Å². The Labute approximate surface area is 103 Å². The van der Waals surface area contributed by atoms with Gasteiger partial charge in [0.2, 0.25) is 0 Å². The van der Waals surface area contributed by atoms with Crippen LogP contribution in [0.15, 0.2) is 0 Å². The molecule has 4 heteroatoms. The molecule has 0 aromatic rings. The Kier molecular flexibility index (Phi) is 4.40. The maximum atomic E-state index is 11.6. The predicted molar refractivity (Wildman–Crippen MR) is 64.6 cm³/mol. The van der Waals surface area contributed by atoms with Crippen LogP contribution in [0.3, 0.4) is 0 Å². The van der Waals surface area contributed by atoms with Gasteiger partial charge in [0.15, 0.2) is 0 Å². The Hall–Kier alpha value is -0.610. The Bertz CT molecular complexity index is 261. The van der Waals surface area contributed by atoms with Crippen LogP contribution in [-0.2, 0) is 9.53 Å². The highest BCUT2D eigenvalue weighted by molar-refractivity contribution is 5.72. The lowest BCUT2D eigenvalue weighted by atomic mass is 9.95. The number of carbonyl (C=O) groups excluding carboxylic acids is 1. The van der Waals surface area contributed by atoms with Gasteiger partial charge < -0.3 is 9.84 Å². The van der Waals surface area contributed by atoms with Crippen LogP contribution in [-0.4, -0.2) is 47.8 Å². The minimum absolute atomic E-state index is 0.0425. The summed E-state index contributed by atoms with van der Waals surface area (Å²) in [5.74, 6) is 0.0314. The van der Waals surface area contributed by atoms with Crippen molar-refractivity contribution in [2.75, 3.05) is 19.7 Å². The highest BCUT2D eigenvalue weighted by Gasteiger charge is 2.34. The molecule has 2 fully saturated rings. The Balaban J connectivity index is 1.79. The molecule has 2 rings (SSSR count). The maximum Gasteiger partial charge on any atom is 0.309 e. The number of hydrogen-bond acceptors (Lipinski definition) is 4. The van der Waals surface area contributed by atoms with E-state index < -0.39 is 0 Å². The summed E-state index contributed by atoms with van der Waals surface area (Å²) in [4.78, 5) is 14.0. The predicted octanol–water partition coefficient (Wildman–Crippen LogP) is 1.17. The average molecular weight is 241 g/mol. The van der Waals surface area contributed by atoms with Crippen molar-refractivity contribution >= 4 is 5.97 Å². The van der Waals surface area contributed by atoms with Gasteiger partial charge in [-0.05, 0) is 52.1 Å². The third kappa shape index (κ3) is 2.99. The number of carbonyl (C=O) groups is 1. The number of esters is 1. The highest BCUT2D eigenvalue weighted by atomic mass is 16.5. The molecule has 0 unspecified atom stereocenters. The zero-order valence-electron chi connectivity index (χ0n) is 10.6. The van der Waals surface area contributed by atoms with E-state index in [0.29, 0.717) is 12.6 Å². The molecule has 0 amide bonds. The molecule has 0 radical (unpaired) electrons. The van der Waals surface area contributed by atoms with Crippen molar-refractivity contribution in [1.29, 1.82) is 0 Å². The molecule has 1 N–H and O–H groups in total. The number of aliphatic hydroxyl groups is 1. The molecule has 4 nitrogen and oxygen atoms in total.